The fourth-order valence-corrected chi connectivity index (χ4v) is 5.67. The Morgan fingerprint density at radius 1 is 1.18 bits per heavy atom. The zero-order chi connectivity index (χ0) is 11.8. The molecule has 3 saturated carbocycles. The van der Waals surface area contributed by atoms with Crippen molar-refractivity contribution in [1.29, 1.82) is 0 Å². The van der Waals surface area contributed by atoms with Gasteiger partial charge in [0.05, 0.1) is 5.60 Å². The van der Waals surface area contributed by atoms with Gasteiger partial charge >= 0.3 is 0 Å². The summed E-state index contributed by atoms with van der Waals surface area (Å²) in [6, 6.07) is 0. The van der Waals surface area contributed by atoms with Crippen molar-refractivity contribution in [3.8, 4) is 0 Å². The van der Waals surface area contributed by atoms with Crippen LogP contribution in [0.4, 0.5) is 8.78 Å². The molecule has 7 unspecified atom stereocenters. The van der Waals surface area contributed by atoms with Crippen molar-refractivity contribution in [2.45, 2.75) is 37.7 Å². The maximum Gasteiger partial charge on any atom is 0.241 e. The first-order chi connectivity index (χ1) is 8.08. The van der Waals surface area contributed by atoms with Crippen molar-refractivity contribution in [2.75, 3.05) is 0 Å². The first-order valence-corrected chi connectivity index (χ1v) is 6.77. The zero-order valence-electron chi connectivity index (χ0n) is 9.73. The van der Waals surface area contributed by atoms with E-state index in [0.717, 1.165) is 6.42 Å². The minimum absolute atomic E-state index is 0.145. The second-order valence-electron chi connectivity index (χ2n) is 6.61. The van der Waals surface area contributed by atoms with Gasteiger partial charge in [-0.3, -0.25) is 0 Å². The molecule has 1 N–H and O–H groups in total. The quantitative estimate of drug-likeness (QED) is 0.581. The van der Waals surface area contributed by atoms with Gasteiger partial charge in [-0.15, -0.1) is 0 Å². The molecule has 0 radical (unpaired) electrons. The van der Waals surface area contributed by atoms with Gasteiger partial charge in [-0.25, -0.2) is 8.78 Å². The molecule has 0 aromatic heterocycles. The Morgan fingerprint density at radius 3 is 2.59 bits per heavy atom. The summed E-state index contributed by atoms with van der Waals surface area (Å²) >= 11 is 0. The van der Waals surface area contributed by atoms with E-state index in [-0.39, 0.29) is 12.3 Å². The molecular weight excluding hydrogens is 222 g/mol. The summed E-state index contributed by atoms with van der Waals surface area (Å²) in [7, 11) is 0. The number of rotatable bonds is 2. The van der Waals surface area contributed by atoms with Crippen LogP contribution < -0.4 is 0 Å². The van der Waals surface area contributed by atoms with Gasteiger partial charge in [-0.1, -0.05) is 12.2 Å². The largest absolute Gasteiger partial charge is 0.389 e. The van der Waals surface area contributed by atoms with Gasteiger partial charge in [0, 0.05) is 6.42 Å². The molecule has 3 heteroatoms. The van der Waals surface area contributed by atoms with Crippen molar-refractivity contribution >= 4 is 0 Å². The second-order valence-corrected chi connectivity index (χ2v) is 6.61. The number of fused-ring (bicyclic) bond motifs is 9. The van der Waals surface area contributed by atoms with Gasteiger partial charge in [0.2, 0.25) is 6.43 Å². The highest BCUT2D eigenvalue weighted by Gasteiger charge is 2.65. The van der Waals surface area contributed by atoms with Crippen LogP contribution in [0.5, 0.6) is 0 Å². The number of alkyl halides is 2. The lowest BCUT2D eigenvalue weighted by atomic mass is 9.66. The molecule has 1 nitrogen and oxygen atoms in total. The molecule has 0 aliphatic heterocycles. The van der Waals surface area contributed by atoms with E-state index in [2.05, 4.69) is 12.2 Å². The number of aliphatic hydroxyl groups is 1. The lowest BCUT2D eigenvalue weighted by Crippen LogP contribution is -2.45. The Kier molecular flexibility index (Phi) is 1.92. The molecule has 4 bridgehead atoms. The molecule has 0 heterocycles. The van der Waals surface area contributed by atoms with Crippen LogP contribution in [0.1, 0.15) is 25.7 Å². The van der Waals surface area contributed by atoms with Crippen LogP contribution in [0.3, 0.4) is 0 Å². The first-order valence-electron chi connectivity index (χ1n) is 6.77. The summed E-state index contributed by atoms with van der Waals surface area (Å²) in [5.41, 5.74) is -1.06. The fourth-order valence-electron chi connectivity index (χ4n) is 5.67. The summed E-state index contributed by atoms with van der Waals surface area (Å²) in [6.07, 6.45) is 4.76. The Balaban J connectivity index is 1.65. The monoisotopic (exact) mass is 240 g/mol. The lowest BCUT2D eigenvalue weighted by Gasteiger charge is -2.42. The van der Waals surface area contributed by atoms with Crippen LogP contribution in [-0.2, 0) is 0 Å². The average molecular weight is 240 g/mol. The molecule has 0 amide bonds. The summed E-state index contributed by atoms with van der Waals surface area (Å²) in [5.74, 6) is 3.13. The zero-order valence-corrected chi connectivity index (χ0v) is 9.73. The number of hydrogen-bond donors (Lipinski definition) is 1. The standard InChI is InChI=1S/C14H18F2O/c15-11(16)6-14(17)5-9-4-10(14)13-8-2-1-7(3-8)12(9)13/h1-2,7-13,17H,3-6H2. The molecule has 0 saturated heterocycles. The summed E-state index contributed by atoms with van der Waals surface area (Å²) in [4.78, 5) is 0. The molecule has 4 aliphatic carbocycles. The normalized spacial score (nSPS) is 58.4. The van der Waals surface area contributed by atoms with E-state index in [1.807, 2.05) is 0 Å². The number of halogens is 2. The van der Waals surface area contributed by atoms with Crippen LogP contribution in [0.25, 0.3) is 0 Å². The second kappa shape index (κ2) is 3.11. The Morgan fingerprint density at radius 2 is 1.88 bits per heavy atom. The predicted octanol–water partition coefficient (Wildman–Crippen LogP) is 2.85. The van der Waals surface area contributed by atoms with Gasteiger partial charge in [-0.05, 0) is 54.8 Å². The third-order valence-electron chi connectivity index (χ3n) is 5.96. The van der Waals surface area contributed by atoms with Crippen molar-refractivity contribution in [3.63, 3.8) is 0 Å². The van der Waals surface area contributed by atoms with Gasteiger partial charge in [0.15, 0.2) is 0 Å². The molecule has 17 heavy (non-hydrogen) atoms. The van der Waals surface area contributed by atoms with Gasteiger partial charge < -0.3 is 5.11 Å². The van der Waals surface area contributed by atoms with Crippen LogP contribution in [0.2, 0.25) is 0 Å². The number of allylic oxidation sites excluding steroid dienone is 2. The minimum Gasteiger partial charge on any atom is -0.389 e. The first kappa shape index (κ1) is 10.5. The van der Waals surface area contributed by atoms with E-state index in [4.69, 9.17) is 0 Å². The average Bonchev–Trinajstić information content (AvgIpc) is 2.88. The Labute approximate surface area is 99.9 Å². The van der Waals surface area contributed by atoms with Crippen LogP contribution in [-0.4, -0.2) is 17.1 Å². The van der Waals surface area contributed by atoms with E-state index in [0.29, 0.717) is 36.0 Å². The van der Waals surface area contributed by atoms with Crippen molar-refractivity contribution in [1.82, 2.24) is 0 Å². The Bertz CT molecular complexity index is 380. The van der Waals surface area contributed by atoms with E-state index < -0.39 is 12.0 Å². The molecule has 0 spiro atoms. The van der Waals surface area contributed by atoms with E-state index in [9.17, 15) is 13.9 Å². The summed E-state index contributed by atoms with van der Waals surface area (Å²) < 4.78 is 25.2. The van der Waals surface area contributed by atoms with E-state index in [1.165, 1.54) is 6.42 Å². The molecule has 0 aromatic carbocycles. The third kappa shape index (κ3) is 1.21. The van der Waals surface area contributed by atoms with E-state index in [1.54, 1.807) is 0 Å². The van der Waals surface area contributed by atoms with Crippen molar-refractivity contribution < 1.29 is 13.9 Å². The van der Waals surface area contributed by atoms with Crippen molar-refractivity contribution in [3.05, 3.63) is 12.2 Å². The third-order valence-corrected chi connectivity index (χ3v) is 5.96. The van der Waals surface area contributed by atoms with Crippen molar-refractivity contribution in [2.24, 2.45) is 35.5 Å². The molecule has 0 aromatic rings. The van der Waals surface area contributed by atoms with Crippen LogP contribution in [0.15, 0.2) is 12.2 Å². The number of hydrogen-bond acceptors (Lipinski definition) is 1. The SMILES string of the molecule is OC1(CC(F)F)CC2CC1C1C3C=CC(C3)C21. The van der Waals surface area contributed by atoms with E-state index >= 15 is 0 Å². The Hall–Kier alpha value is -0.440. The predicted molar refractivity (Wildman–Crippen MR) is 59.5 cm³/mol. The molecule has 94 valence electrons. The molecule has 4 rings (SSSR count). The molecule has 7 atom stereocenters. The molecule has 3 fully saturated rings. The summed E-state index contributed by atoms with van der Waals surface area (Å²) in [6.45, 7) is 0. The highest BCUT2D eigenvalue weighted by atomic mass is 19.3. The van der Waals surface area contributed by atoms with Gasteiger partial charge in [0.25, 0.3) is 0 Å². The van der Waals surface area contributed by atoms with Gasteiger partial charge in [-0.2, -0.15) is 0 Å². The lowest BCUT2D eigenvalue weighted by molar-refractivity contribution is -0.0894. The van der Waals surface area contributed by atoms with Crippen LogP contribution in [0, 0.1) is 35.5 Å². The molecular formula is C14H18F2O. The smallest absolute Gasteiger partial charge is 0.241 e. The van der Waals surface area contributed by atoms with Gasteiger partial charge in [0.1, 0.15) is 0 Å². The maximum atomic E-state index is 12.6. The topological polar surface area (TPSA) is 20.2 Å². The van der Waals surface area contributed by atoms with Crippen LogP contribution >= 0.6 is 0 Å². The summed E-state index contributed by atoms with van der Waals surface area (Å²) in [5, 5.41) is 10.5. The molecule has 4 aliphatic rings. The maximum absolute atomic E-state index is 12.6. The highest BCUT2D eigenvalue weighted by Crippen LogP contribution is 2.68. The highest BCUT2D eigenvalue weighted by molar-refractivity contribution is 5.23. The fraction of sp³-hybridized carbons (Fsp3) is 0.857. The minimum atomic E-state index is -2.37.